The van der Waals surface area contributed by atoms with Crippen molar-refractivity contribution in [1.29, 1.82) is 0 Å². The molecule has 102 valence electrons. The maximum absolute atomic E-state index is 8.64. The fourth-order valence-electron chi connectivity index (χ4n) is 1.99. The number of rotatable bonds is 13. The van der Waals surface area contributed by atoms with Crippen molar-refractivity contribution in [2.45, 2.75) is 84.0 Å². The number of hydrogen-bond donors (Lipinski definition) is 1. The second-order valence-corrected chi connectivity index (χ2v) is 4.95. The summed E-state index contributed by atoms with van der Waals surface area (Å²) < 4.78 is 0. The summed E-state index contributed by atoms with van der Waals surface area (Å²) in [7, 11) is 0. The first-order chi connectivity index (χ1) is 8.41. The Labute approximate surface area is 108 Å². The van der Waals surface area contributed by atoms with Gasteiger partial charge in [-0.15, -0.1) is 0 Å². The van der Waals surface area contributed by atoms with Gasteiger partial charge in [0, 0.05) is 6.61 Å². The van der Waals surface area contributed by atoms with E-state index in [2.05, 4.69) is 19.1 Å². The van der Waals surface area contributed by atoms with Gasteiger partial charge in [0.05, 0.1) is 0 Å². The molecule has 0 aromatic carbocycles. The summed E-state index contributed by atoms with van der Waals surface area (Å²) in [4.78, 5) is 0. The van der Waals surface area contributed by atoms with Crippen molar-refractivity contribution in [3.05, 3.63) is 12.2 Å². The molecule has 0 unspecified atom stereocenters. The van der Waals surface area contributed by atoms with Gasteiger partial charge in [-0.2, -0.15) is 0 Å². The third kappa shape index (κ3) is 15.7. The zero-order valence-electron chi connectivity index (χ0n) is 11.8. The van der Waals surface area contributed by atoms with E-state index in [9.17, 15) is 0 Å². The number of aliphatic hydroxyl groups is 1. The topological polar surface area (TPSA) is 20.2 Å². The molecule has 0 aliphatic rings. The molecular formula is C16H32O. The van der Waals surface area contributed by atoms with Crippen LogP contribution in [0.4, 0.5) is 0 Å². The predicted molar refractivity (Wildman–Crippen MR) is 77.3 cm³/mol. The maximum Gasteiger partial charge on any atom is 0.0431 e. The van der Waals surface area contributed by atoms with Gasteiger partial charge in [-0.25, -0.2) is 0 Å². The van der Waals surface area contributed by atoms with Crippen molar-refractivity contribution in [2.75, 3.05) is 6.61 Å². The average molecular weight is 240 g/mol. The summed E-state index contributed by atoms with van der Waals surface area (Å²) >= 11 is 0. The predicted octanol–water partition coefficient (Wildman–Crippen LogP) is 5.24. The minimum atomic E-state index is 0.365. The van der Waals surface area contributed by atoms with Crippen LogP contribution in [0.1, 0.15) is 84.0 Å². The molecule has 0 saturated carbocycles. The minimum absolute atomic E-state index is 0.365. The van der Waals surface area contributed by atoms with E-state index in [1.165, 1.54) is 70.6 Å². The van der Waals surface area contributed by atoms with Gasteiger partial charge in [-0.3, -0.25) is 0 Å². The second-order valence-electron chi connectivity index (χ2n) is 4.95. The fourth-order valence-corrected chi connectivity index (χ4v) is 1.99. The van der Waals surface area contributed by atoms with Crippen molar-refractivity contribution in [3.8, 4) is 0 Å². The summed E-state index contributed by atoms with van der Waals surface area (Å²) in [5, 5.41) is 8.64. The summed E-state index contributed by atoms with van der Waals surface area (Å²) in [6.45, 7) is 2.61. The number of aliphatic hydroxyl groups excluding tert-OH is 1. The number of hydrogen-bond acceptors (Lipinski definition) is 1. The van der Waals surface area contributed by atoms with E-state index >= 15 is 0 Å². The molecule has 1 heteroatoms. The van der Waals surface area contributed by atoms with E-state index in [4.69, 9.17) is 5.11 Å². The Hall–Kier alpha value is -0.300. The Morgan fingerprint density at radius 2 is 1.12 bits per heavy atom. The fraction of sp³-hybridized carbons (Fsp3) is 0.875. The van der Waals surface area contributed by atoms with E-state index in [0.29, 0.717) is 6.61 Å². The van der Waals surface area contributed by atoms with Crippen LogP contribution in [-0.2, 0) is 0 Å². The molecule has 0 radical (unpaired) electrons. The lowest BCUT2D eigenvalue weighted by atomic mass is 10.1. The molecule has 0 rings (SSSR count). The Balaban J connectivity index is 2.96. The van der Waals surface area contributed by atoms with Crippen LogP contribution in [0.5, 0.6) is 0 Å². The zero-order valence-corrected chi connectivity index (χ0v) is 11.8. The smallest absolute Gasteiger partial charge is 0.0431 e. The highest BCUT2D eigenvalue weighted by Gasteiger charge is 1.91. The Kier molecular flexibility index (Phi) is 15.4. The van der Waals surface area contributed by atoms with Crippen LogP contribution < -0.4 is 0 Å². The lowest BCUT2D eigenvalue weighted by Crippen LogP contribution is -1.84. The van der Waals surface area contributed by atoms with Crippen molar-refractivity contribution in [2.24, 2.45) is 0 Å². The van der Waals surface area contributed by atoms with E-state index < -0.39 is 0 Å². The number of allylic oxidation sites excluding steroid dienone is 2. The summed E-state index contributed by atoms with van der Waals surface area (Å²) in [5.41, 5.74) is 0. The molecule has 0 aliphatic heterocycles. The highest BCUT2D eigenvalue weighted by Crippen LogP contribution is 2.10. The molecule has 0 fully saturated rings. The van der Waals surface area contributed by atoms with Crippen molar-refractivity contribution < 1.29 is 5.11 Å². The molecule has 0 aromatic heterocycles. The first-order valence-corrected chi connectivity index (χ1v) is 7.67. The van der Waals surface area contributed by atoms with Gasteiger partial charge in [0.2, 0.25) is 0 Å². The molecule has 1 N–H and O–H groups in total. The molecule has 0 spiro atoms. The molecule has 0 bridgehead atoms. The summed E-state index contributed by atoms with van der Waals surface area (Å²) in [6.07, 6.45) is 20.3. The Morgan fingerprint density at radius 1 is 0.647 bits per heavy atom. The van der Waals surface area contributed by atoms with Crippen LogP contribution in [-0.4, -0.2) is 11.7 Å². The normalized spacial score (nSPS) is 11.4. The second kappa shape index (κ2) is 15.7. The average Bonchev–Trinajstić information content (AvgIpc) is 2.35. The maximum atomic E-state index is 8.64. The highest BCUT2D eigenvalue weighted by molar-refractivity contribution is 4.81. The van der Waals surface area contributed by atoms with Gasteiger partial charge in [0.25, 0.3) is 0 Å². The molecular weight excluding hydrogens is 208 g/mol. The van der Waals surface area contributed by atoms with Crippen LogP contribution in [0.25, 0.3) is 0 Å². The third-order valence-electron chi connectivity index (χ3n) is 3.17. The monoisotopic (exact) mass is 240 g/mol. The van der Waals surface area contributed by atoms with Crippen molar-refractivity contribution in [1.82, 2.24) is 0 Å². The van der Waals surface area contributed by atoms with Gasteiger partial charge >= 0.3 is 0 Å². The molecule has 0 atom stereocenters. The lowest BCUT2D eigenvalue weighted by Gasteiger charge is -2.00. The first kappa shape index (κ1) is 16.7. The molecule has 0 amide bonds. The molecule has 0 aliphatic carbocycles. The van der Waals surface area contributed by atoms with E-state index in [1.807, 2.05) is 0 Å². The van der Waals surface area contributed by atoms with Gasteiger partial charge in [-0.1, -0.05) is 70.4 Å². The molecule has 1 nitrogen and oxygen atoms in total. The van der Waals surface area contributed by atoms with E-state index in [1.54, 1.807) is 0 Å². The SMILES string of the molecule is CCCC/C=C\CCCCCCCCCCO. The highest BCUT2D eigenvalue weighted by atomic mass is 16.2. The molecule has 0 saturated heterocycles. The van der Waals surface area contributed by atoms with Crippen LogP contribution in [0.2, 0.25) is 0 Å². The Bertz CT molecular complexity index is 152. The summed E-state index contributed by atoms with van der Waals surface area (Å²) in [6, 6.07) is 0. The lowest BCUT2D eigenvalue weighted by molar-refractivity contribution is 0.282. The molecule has 0 heterocycles. The van der Waals surface area contributed by atoms with Gasteiger partial charge in [-0.05, 0) is 25.7 Å². The third-order valence-corrected chi connectivity index (χ3v) is 3.17. The van der Waals surface area contributed by atoms with Crippen LogP contribution >= 0.6 is 0 Å². The zero-order chi connectivity index (χ0) is 12.6. The summed E-state index contributed by atoms with van der Waals surface area (Å²) in [5.74, 6) is 0. The van der Waals surface area contributed by atoms with E-state index in [-0.39, 0.29) is 0 Å². The van der Waals surface area contributed by atoms with E-state index in [0.717, 1.165) is 6.42 Å². The first-order valence-electron chi connectivity index (χ1n) is 7.67. The molecule has 0 aromatic rings. The largest absolute Gasteiger partial charge is 0.396 e. The standard InChI is InChI=1S/C16H32O/c1-2-3-4-5-6-7-8-9-10-11-12-13-14-15-16-17/h5-6,17H,2-4,7-16H2,1H3/b6-5-. The van der Waals surface area contributed by atoms with Crippen molar-refractivity contribution in [3.63, 3.8) is 0 Å². The van der Waals surface area contributed by atoms with Crippen molar-refractivity contribution >= 4 is 0 Å². The van der Waals surface area contributed by atoms with Gasteiger partial charge in [0.15, 0.2) is 0 Å². The van der Waals surface area contributed by atoms with Crippen LogP contribution in [0.3, 0.4) is 0 Å². The minimum Gasteiger partial charge on any atom is -0.396 e. The van der Waals surface area contributed by atoms with Crippen LogP contribution in [0, 0.1) is 0 Å². The van der Waals surface area contributed by atoms with Gasteiger partial charge in [0.1, 0.15) is 0 Å². The quantitative estimate of drug-likeness (QED) is 0.345. The Morgan fingerprint density at radius 3 is 1.65 bits per heavy atom. The van der Waals surface area contributed by atoms with Gasteiger partial charge < -0.3 is 5.11 Å². The number of unbranched alkanes of at least 4 members (excludes halogenated alkanes) is 10. The molecule has 17 heavy (non-hydrogen) atoms. The van der Waals surface area contributed by atoms with Crippen LogP contribution in [0.15, 0.2) is 12.2 Å².